The quantitative estimate of drug-likeness (QED) is 0.131. The second-order valence-corrected chi connectivity index (χ2v) is 8.57. The minimum atomic E-state index is -0.650. The van der Waals surface area contributed by atoms with Crippen LogP contribution in [0.1, 0.15) is 157 Å². The van der Waals surface area contributed by atoms with Crippen LogP contribution in [-0.2, 0) is 4.79 Å². The van der Waals surface area contributed by atoms with Crippen LogP contribution < -0.4 is 0 Å². The first-order chi connectivity index (χ1) is 13.3. The van der Waals surface area contributed by atoms with Gasteiger partial charge in [0.05, 0.1) is 0 Å². The molecule has 0 aliphatic rings. The summed E-state index contributed by atoms with van der Waals surface area (Å²) in [6.07, 6.45) is 30.5. The zero-order valence-electron chi connectivity index (χ0n) is 21.3. The Kier molecular flexibility index (Phi) is 30.6. The van der Waals surface area contributed by atoms with Gasteiger partial charge in [0.25, 0.3) is 0 Å². The molecule has 0 bridgehead atoms. The third-order valence-electron chi connectivity index (χ3n) is 5.74. The normalized spacial score (nSPS) is 10.8. The number of carbonyl (C=O) groups is 1. The molecule has 0 saturated heterocycles. The van der Waals surface area contributed by atoms with Crippen molar-refractivity contribution in [1.82, 2.24) is 0 Å². The fourth-order valence-corrected chi connectivity index (χ4v) is 3.88. The van der Waals surface area contributed by atoms with Crippen molar-refractivity contribution in [1.29, 1.82) is 0 Å². The molecule has 0 aromatic carbocycles. The van der Waals surface area contributed by atoms with E-state index in [1.807, 2.05) is 0 Å². The van der Waals surface area contributed by atoms with Crippen LogP contribution in [0.15, 0.2) is 0 Å². The third kappa shape index (κ3) is 28.9. The summed E-state index contributed by atoms with van der Waals surface area (Å²) < 4.78 is 0. The zero-order valence-corrected chi connectivity index (χ0v) is 21.5. The Morgan fingerprint density at radius 3 is 0.929 bits per heavy atom. The standard InChI is InChI=1S/C25H50O2.Ca.2H/c1-2-3-4-5-6-7-8-9-10-11-12-13-14-15-16-17-18-19-20-21-22-23-24-25(26)27;;;/h2-24H2,1H3,(H,26,27);;;/q;+2;2*-1. The molecule has 0 amide bonds. The molecule has 3 heteroatoms. The predicted molar refractivity (Wildman–Crippen MR) is 127 cm³/mol. The van der Waals surface area contributed by atoms with E-state index in [4.69, 9.17) is 5.11 Å². The maximum absolute atomic E-state index is 10.4. The molecule has 28 heavy (non-hydrogen) atoms. The van der Waals surface area contributed by atoms with Gasteiger partial charge in [-0.2, -0.15) is 0 Å². The second kappa shape index (κ2) is 27.7. The zero-order chi connectivity index (χ0) is 19.8. The Morgan fingerprint density at radius 2 is 0.714 bits per heavy atom. The number of unbranched alkanes of at least 4 members (excludes halogenated alkanes) is 21. The van der Waals surface area contributed by atoms with Crippen LogP contribution in [0.3, 0.4) is 0 Å². The molecule has 0 heterocycles. The Balaban J connectivity index is -0.00000113. The van der Waals surface area contributed by atoms with E-state index >= 15 is 0 Å². The first-order valence-electron chi connectivity index (χ1n) is 12.5. The smallest absolute Gasteiger partial charge is 1.00 e. The predicted octanol–water partition coefficient (Wildman–Crippen LogP) is 8.91. The number of rotatable bonds is 23. The van der Waals surface area contributed by atoms with Crippen molar-refractivity contribution in [3.05, 3.63) is 0 Å². The van der Waals surface area contributed by atoms with Crippen molar-refractivity contribution in [2.45, 2.75) is 155 Å². The molecule has 0 unspecified atom stereocenters. The van der Waals surface area contributed by atoms with E-state index < -0.39 is 5.97 Å². The van der Waals surface area contributed by atoms with Crippen LogP contribution in [-0.4, -0.2) is 48.8 Å². The molecule has 0 radical (unpaired) electrons. The maximum Gasteiger partial charge on any atom is 2.00 e. The molecule has 0 atom stereocenters. The number of carboxylic acids is 1. The number of aliphatic carboxylic acids is 1. The first kappa shape index (κ1) is 30.9. The van der Waals surface area contributed by atoms with Gasteiger partial charge in [0.2, 0.25) is 0 Å². The van der Waals surface area contributed by atoms with Crippen LogP contribution in [0.25, 0.3) is 0 Å². The van der Waals surface area contributed by atoms with Gasteiger partial charge in [-0.25, -0.2) is 0 Å². The molecular weight excluding hydrogens is 372 g/mol. The third-order valence-corrected chi connectivity index (χ3v) is 5.74. The van der Waals surface area contributed by atoms with Crippen LogP contribution in [0.2, 0.25) is 0 Å². The van der Waals surface area contributed by atoms with E-state index in [1.54, 1.807) is 0 Å². The summed E-state index contributed by atoms with van der Waals surface area (Å²) in [5, 5.41) is 8.58. The monoisotopic (exact) mass is 424 g/mol. The van der Waals surface area contributed by atoms with Gasteiger partial charge in [-0.15, -0.1) is 0 Å². The topological polar surface area (TPSA) is 37.3 Å². The molecule has 1 N–H and O–H groups in total. The molecule has 0 aromatic heterocycles. The Bertz CT molecular complexity index is 305. The first-order valence-corrected chi connectivity index (χ1v) is 12.5. The molecule has 0 fully saturated rings. The molecule has 0 aliphatic carbocycles. The van der Waals surface area contributed by atoms with E-state index in [0.717, 1.165) is 12.8 Å². The summed E-state index contributed by atoms with van der Waals surface area (Å²) in [6, 6.07) is 0. The SMILES string of the molecule is CCCCCCCCCCCCCCCCCCCCCCCCC(=O)O.[Ca+2].[H-].[H-]. The van der Waals surface area contributed by atoms with Gasteiger partial charge in [-0.05, 0) is 6.42 Å². The van der Waals surface area contributed by atoms with Gasteiger partial charge < -0.3 is 7.96 Å². The number of hydrogen-bond acceptors (Lipinski definition) is 1. The van der Waals surface area contributed by atoms with Crippen molar-refractivity contribution < 1.29 is 12.8 Å². The Morgan fingerprint density at radius 1 is 0.500 bits per heavy atom. The van der Waals surface area contributed by atoms with Crippen LogP contribution >= 0.6 is 0 Å². The summed E-state index contributed by atoms with van der Waals surface area (Å²) >= 11 is 0. The molecule has 0 spiro atoms. The van der Waals surface area contributed by atoms with E-state index in [1.165, 1.54) is 128 Å². The van der Waals surface area contributed by atoms with E-state index in [2.05, 4.69) is 6.92 Å². The van der Waals surface area contributed by atoms with E-state index in [-0.39, 0.29) is 40.6 Å². The number of carboxylic acid groups (broad SMARTS) is 1. The molecular formula is C25H52CaO2. The van der Waals surface area contributed by atoms with Crippen molar-refractivity contribution in [3.63, 3.8) is 0 Å². The minimum absolute atomic E-state index is 0. The largest absolute Gasteiger partial charge is 2.00 e. The summed E-state index contributed by atoms with van der Waals surface area (Å²) in [6.45, 7) is 2.29. The molecule has 0 aromatic rings. The van der Waals surface area contributed by atoms with Gasteiger partial charge >= 0.3 is 43.7 Å². The second-order valence-electron chi connectivity index (χ2n) is 8.57. The van der Waals surface area contributed by atoms with Gasteiger partial charge in [0.1, 0.15) is 0 Å². The summed E-state index contributed by atoms with van der Waals surface area (Å²) in [5.74, 6) is -0.650. The molecule has 0 aliphatic heterocycles. The van der Waals surface area contributed by atoms with Crippen LogP contribution in [0, 0.1) is 0 Å². The fourth-order valence-electron chi connectivity index (χ4n) is 3.88. The summed E-state index contributed by atoms with van der Waals surface area (Å²) in [4.78, 5) is 10.4. The molecule has 2 nitrogen and oxygen atoms in total. The minimum Gasteiger partial charge on any atom is -1.00 e. The van der Waals surface area contributed by atoms with Crippen molar-refractivity contribution in [3.8, 4) is 0 Å². The van der Waals surface area contributed by atoms with Crippen molar-refractivity contribution in [2.24, 2.45) is 0 Å². The van der Waals surface area contributed by atoms with Crippen molar-refractivity contribution in [2.75, 3.05) is 0 Å². The average Bonchev–Trinajstić information content (AvgIpc) is 2.65. The Hall–Kier alpha value is 0.730. The molecule has 0 rings (SSSR count). The van der Waals surface area contributed by atoms with Crippen LogP contribution in [0.4, 0.5) is 0 Å². The van der Waals surface area contributed by atoms with Gasteiger partial charge in [0, 0.05) is 6.42 Å². The fraction of sp³-hybridized carbons (Fsp3) is 0.960. The van der Waals surface area contributed by atoms with Gasteiger partial charge in [-0.3, -0.25) is 4.79 Å². The van der Waals surface area contributed by atoms with Crippen molar-refractivity contribution >= 4 is 43.7 Å². The van der Waals surface area contributed by atoms with Gasteiger partial charge in [-0.1, -0.05) is 142 Å². The summed E-state index contributed by atoms with van der Waals surface area (Å²) in [5.41, 5.74) is 0. The number of hydrogen-bond donors (Lipinski definition) is 1. The molecule has 166 valence electrons. The maximum atomic E-state index is 10.4. The molecule has 0 saturated carbocycles. The Labute approximate surface area is 210 Å². The average molecular weight is 425 g/mol. The summed E-state index contributed by atoms with van der Waals surface area (Å²) in [7, 11) is 0. The van der Waals surface area contributed by atoms with Crippen LogP contribution in [0.5, 0.6) is 0 Å². The van der Waals surface area contributed by atoms with E-state index in [9.17, 15) is 4.79 Å². The van der Waals surface area contributed by atoms with Gasteiger partial charge in [0.15, 0.2) is 0 Å². The van der Waals surface area contributed by atoms with E-state index in [0.29, 0.717) is 6.42 Å².